The predicted octanol–water partition coefficient (Wildman–Crippen LogP) is 7.78. The Balaban J connectivity index is 2.09. The molecular weight excluding hydrogens is 496 g/mol. The van der Waals surface area contributed by atoms with Crippen LogP contribution >= 0.6 is 0 Å². The van der Waals surface area contributed by atoms with Gasteiger partial charge in [-0.15, -0.1) is 0 Å². The van der Waals surface area contributed by atoms with Crippen molar-refractivity contribution in [1.82, 2.24) is 9.80 Å². The Morgan fingerprint density at radius 3 is 1.48 bits per heavy atom. The van der Waals surface area contributed by atoms with Gasteiger partial charge in [0, 0.05) is 50.1 Å². The number of rotatable bonds is 13. The number of likely N-dealkylation sites (tertiary alicyclic amines) is 2. The highest BCUT2D eigenvalue weighted by Gasteiger charge is 2.52. The van der Waals surface area contributed by atoms with Crippen LogP contribution in [0.2, 0.25) is 0 Å². The molecule has 2 aliphatic heterocycles. The third-order valence-electron chi connectivity index (χ3n) is 10.4. The molecule has 0 saturated carbocycles. The van der Waals surface area contributed by atoms with Gasteiger partial charge in [-0.05, 0) is 36.5 Å². The number of piperidine rings is 2. The van der Waals surface area contributed by atoms with Gasteiger partial charge >= 0.3 is 5.97 Å². The van der Waals surface area contributed by atoms with E-state index in [0.717, 1.165) is 65.0 Å². The predicted molar refractivity (Wildman–Crippen MR) is 168 cm³/mol. The summed E-state index contributed by atoms with van der Waals surface area (Å²) in [5, 5.41) is 0. The molecule has 0 aromatic rings. The Kier molecular flexibility index (Phi) is 11.7. The number of ether oxygens (including phenoxy) is 1. The van der Waals surface area contributed by atoms with Crippen molar-refractivity contribution >= 4 is 11.8 Å². The van der Waals surface area contributed by atoms with Gasteiger partial charge in [0.2, 0.25) is 0 Å². The van der Waals surface area contributed by atoms with Crippen LogP contribution in [-0.2, 0) is 14.3 Å². The first kappa shape index (κ1) is 35.0. The van der Waals surface area contributed by atoms with Crippen molar-refractivity contribution < 1.29 is 14.3 Å². The molecule has 5 nitrogen and oxygen atoms in total. The van der Waals surface area contributed by atoms with Crippen LogP contribution in [0, 0.1) is 33.0 Å². The molecule has 0 aromatic carbocycles. The maximum Gasteiger partial charge on any atom is 0.319 e. The van der Waals surface area contributed by atoms with E-state index in [1.165, 1.54) is 0 Å². The van der Waals surface area contributed by atoms with Gasteiger partial charge in [0.25, 0.3) is 0 Å². The van der Waals surface area contributed by atoms with E-state index in [-0.39, 0.29) is 28.7 Å². The Morgan fingerprint density at radius 1 is 0.750 bits per heavy atom. The van der Waals surface area contributed by atoms with Gasteiger partial charge in [0.05, 0.1) is 0 Å². The summed E-state index contributed by atoms with van der Waals surface area (Å²) in [7, 11) is 0. The second kappa shape index (κ2) is 13.4. The topological polar surface area (TPSA) is 49.9 Å². The molecule has 2 saturated heterocycles. The van der Waals surface area contributed by atoms with Gasteiger partial charge < -0.3 is 4.74 Å². The number of nitrogens with zero attached hydrogens (tertiary/aromatic N) is 2. The van der Waals surface area contributed by atoms with E-state index in [1.807, 2.05) is 0 Å². The highest BCUT2D eigenvalue weighted by atomic mass is 16.5. The average molecular weight is 561 g/mol. The smallest absolute Gasteiger partial charge is 0.319 e. The van der Waals surface area contributed by atoms with E-state index in [1.54, 1.807) is 6.92 Å². The molecule has 0 aromatic heterocycles. The molecule has 2 fully saturated rings. The molecule has 2 aliphatic rings. The Morgan fingerprint density at radius 2 is 1.12 bits per heavy atom. The van der Waals surface area contributed by atoms with E-state index in [2.05, 4.69) is 98.1 Å². The van der Waals surface area contributed by atoms with Crippen LogP contribution in [-0.4, -0.2) is 66.9 Å². The zero-order valence-electron chi connectivity index (χ0n) is 28.4. The van der Waals surface area contributed by atoms with Crippen LogP contribution in [0.3, 0.4) is 0 Å². The zero-order chi connectivity index (χ0) is 30.6. The second-order valence-electron chi connectivity index (χ2n) is 16.1. The molecule has 0 spiro atoms. The fourth-order valence-corrected chi connectivity index (χ4v) is 8.00. The molecule has 0 atom stereocenters. The minimum atomic E-state index is -1.01. The van der Waals surface area contributed by atoms with Gasteiger partial charge in [-0.1, -0.05) is 114 Å². The summed E-state index contributed by atoms with van der Waals surface area (Å²) in [6, 6.07) is 0. The minimum absolute atomic E-state index is 0.0347. The summed E-state index contributed by atoms with van der Waals surface area (Å²) >= 11 is 0. The van der Waals surface area contributed by atoms with Crippen LogP contribution in [0.25, 0.3) is 0 Å². The standard InChI is InChI=1S/C35H64N2O3/c1-13-15-19-35(28(4)38,20-16-14-2)30(39)40-29-33(9,10)25-37(26-34(29,11)12)22-18-17-21-36-23-31(5,6)27(3)32(7,8)24-36/h17-18,27,29H,13-16,19-26H2,1-12H3. The number of hydrogen-bond acceptors (Lipinski definition) is 5. The molecular formula is C35H64N2O3. The Hall–Kier alpha value is -1.20. The van der Waals surface area contributed by atoms with Crippen molar-refractivity contribution in [2.75, 3.05) is 39.3 Å². The molecule has 0 N–H and O–H groups in total. The van der Waals surface area contributed by atoms with Crippen molar-refractivity contribution in [3.8, 4) is 0 Å². The number of carbonyl (C=O) groups excluding carboxylic acids is 2. The van der Waals surface area contributed by atoms with Crippen LogP contribution < -0.4 is 0 Å². The van der Waals surface area contributed by atoms with Gasteiger partial charge in [-0.3, -0.25) is 19.4 Å². The fraction of sp³-hybridized carbons (Fsp3) is 0.886. The van der Waals surface area contributed by atoms with Crippen LogP contribution in [0.1, 0.15) is 122 Å². The summed E-state index contributed by atoms with van der Waals surface area (Å²) in [6.45, 7) is 32.6. The molecule has 2 heterocycles. The molecule has 40 heavy (non-hydrogen) atoms. The first-order valence-corrected chi connectivity index (χ1v) is 16.2. The van der Waals surface area contributed by atoms with E-state index in [0.29, 0.717) is 29.6 Å². The minimum Gasteiger partial charge on any atom is -0.460 e. The number of hydrogen-bond donors (Lipinski definition) is 0. The summed E-state index contributed by atoms with van der Waals surface area (Å²) in [5.41, 5.74) is -0.819. The van der Waals surface area contributed by atoms with E-state index < -0.39 is 5.41 Å². The van der Waals surface area contributed by atoms with Crippen molar-refractivity contribution in [2.45, 2.75) is 128 Å². The Bertz CT molecular complexity index is 841. The number of unbranched alkanes of at least 4 members (excludes halogenated alkanes) is 2. The van der Waals surface area contributed by atoms with Crippen LogP contribution in [0.4, 0.5) is 0 Å². The monoisotopic (exact) mass is 560 g/mol. The largest absolute Gasteiger partial charge is 0.460 e. The maximum atomic E-state index is 13.8. The third kappa shape index (κ3) is 8.21. The van der Waals surface area contributed by atoms with Gasteiger partial charge in [-0.2, -0.15) is 0 Å². The fourth-order valence-electron chi connectivity index (χ4n) is 8.00. The zero-order valence-corrected chi connectivity index (χ0v) is 28.4. The van der Waals surface area contributed by atoms with E-state index >= 15 is 0 Å². The molecule has 0 bridgehead atoms. The molecule has 0 aliphatic carbocycles. The van der Waals surface area contributed by atoms with Crippen LogP contribution in [0.5, 0.6) is 0 Å². The van der Waals surface area contributed by atoms with E-state index in [9.17, 15) is 9.59 Å². The summed E-state index contributed by atoms with van der Waals surface area (Å²) in [4.78, 5) is 31.9. The van der Waals surface area contributed by atoms with Crippen molar-refractivity contribution in [3.05, 3.63) is 12.2 Å². The summed E-state index contributed by atoms with van der Waals surface area (Å²) in [6.07, 6.45) is 9.26. The molecule has 0 radical (unpaired) electrons. The first-order chi connectivity index (χ1) is 18.3. The summed E-state index contributed by atoms with van der Waals surface area (Å²) < 4.78 is 6.43. The lowest BCUT2D eigenvalue weighted by atomic mass is 9.62. The first-order valence-electron chi connectivity index (χ1n) is 16.2. The number of esters is 1. The SMILES string of the molecule is CCCCC(CCCC)(C(C)=O)C(=O)OC1C(C)(C)CN(CC=CCN2CC(C)(C)C(C)C(C)(C)C2)CC1(C)C. The lowest BCUT2D eigenvalue weighted by Crippen LogP contribution is -2.60. The normalized spacial score (nSPS) is 23.9. The highest BCUT2D eigenvalue weighted by molar-refractivity contribution is 6.02. The van der Waals surface area contributed by atoms with Crippen molar-refractivity contribution in [2.24, 2.45) is 33.0 Å². The summed E-state index contributed by atoms with van der Waals surface area (Å²) in [5.74, 6) is 0.370. The van der Waals surface area contributed by atoms with Gasteiger partial charge in [-0.25, -0.2) is 0 Å². The van der Waals surface area contributed by atoms with E-state index in [4.69, 9.17) is 4.74 Å². The molecule has 2 rings (SSSR count). The van der Waals surface area contributed by atoms with Crippen molar-refractivity contribution in [3.63, 3.8) is 0 Å². The molecule has 232 valence electrons. The lowest BCUT2D eigenvalue weighted by molar-refractivity contribution is -0.190. The highest BCUT2D eigenvalue weighted by Crippen LogP contribution is 2.46. The second-order valence-corrected chi connectivity index (χ2v) is 16.1. The third-order valence-corrected chi connectivity index (χ3v) is 10.4. The van der Waals surface area contributed by atoms with Crippen LogP contribution in [0.15, 0.2) is 12.2 Å². The number of ketones is 1. The quantitative estimate of drug-likeness (QED) is 0.131. The number of carbonyl (C=O) groups is 2. The van der Waals surface area contributed by atoms with Crippen molar-refractivity contribution in [1.29, 1.82) is 0 Å². The maximum absolute atomic E-state index is 13.8. The molecule has 5 heteroatoms. The lowest BCUT2D eigenvalue weighted by Gasteiger charge is -2.53. The molecule has 0 unspecified atom stereocenters. The Labute approximate surface area is 247 Å². The average Bonchev–Trinajstić information content (AvgIpc) is 2.81. The molecule has 0 amide bonds. The van der Waals surface area contributed by atoms with Gasteiger partial charge in [0.15, 0.2) is 0 Å². The van der Waals surface area contributed by atoms with Gasteiger partial charge in [0.1, 0.15) is 17.3 Å². The number of Topliss-reactive ketones (excluding diaryl/α,β-unsaturated/α-hetero) is 1.